The van der Waals surface area contributed by atoms with Crippen molar-refractivity contribution in [1.29, 1.82) is 0 Å². The summed E-state index contributed by atoms with van der Waals surface area (Å²) in [5.41, 5.74) is 0. The van der Waals surface area contributed by atoms with Crippen LogP contribution >= 0.6 is 11.6 Å². The Balaban J connectivity index is 2.92. The molecule has 12 heavy (non-hydrogen) atoms. The summed E-state index contributed by atoms with van der Waals surface area (Å²) in [6.07, 6.45) is 0. The Bertz CT molecular complexity index is 260. The Hall–Kier alpha value is -0.213. The van der Waals surface area contributed by atoms with Crippen LogP contribution in [0.4, 0.5) is 0 Å². The average Bonchev–Trinajstić information content (AvgIpc) is 2.30. The maximum absolute atomic E-state index is 5.89. The molecule has 0 saturated carbocycles. The highest BCUT2D eigenvalue weighted by Gasteiger charge is 2.21. The number of halogens is 1. The molecule has 0 aliphatic heterocycles. The lowest BCUT2D eigenvalue weighted by Gasteiger charge is -2.11. The Labute approximate surface area is 79.7 Å². The first-order chi connectivity index (χ1) is 5.41. The first kappa shape index (κ1) is 9.87. The molecule has 1 aromatic heterocycles. The predicted octanol–water partition coefficient (Wildman–Crippen LogP) is 3.12. The molecule has 0 fully saturated rings. The first-order valence-electron chi connectivity index (χ1n) is 4.15. The Kier molecular flexibility index (Phi) is 2.69. The fraction of sp³-hybridized carbons (Fsp3) is 0.556. The molecule has 1 heterocycles. The van der Waals surface area contributed by atoms with Gasteiger partial charge in [0.25, 0.3) is 0 Å². The van der Waals surface area contributed by atoms with E-state index in [-0.39, 0.29) is 5.38 Å². The van der Waals surface area contributed by atoms with Crippen molar-refractivity contribution in [3.63, 3.8) is 0 Å². The summed E-state index contributed by atoms with van der Waals surface area (Å²) >= 11 is 5.89. The molecule has 3 heteroatoms. The molecule has 0 aliphatic carbocycles. The average molecular weight is 203 g/mol. The number of alkyl halides is 1. The van der Waals surface area contributed by atoms with Crippen molar-refractivity contribution in [2.75, 3.05) is 0 Å². The molecule has 1 rings (SSSR count). The fourth-order valence-corrected chi connectivity index (χ4v) is 2.09. The summed E-state index contributed by atoms with van der Waals surface area (Å²) in [5.74, 6) is 0.883. The first-order valence-corrected chi connectivity index (χ1v) is 8.09. The van der Waals surface area contributed by atoms with Crippen molar-refractivity contribution in [3.05, 3.63) is 17.9 Å². The smallest absolute Gasteiger partial charge is 0.123 e. The predicted molar refractivity (Wildman–Crippen MR) is 56.0 cm³/mol. The van der Waals surface area contributed by atoms with Crippen molar-refractivity contribution in [2.24, 2.45) is 0 Å². The van der Waals surface area contributed by atoms with E-state index < -0.39 is 8.07 Å². The molecule has 1 atom stereocenters. The van der Waals surface area contributed by atoms with E-state index in [9.17, 15) is 0 Å². The highest BCUT2D eigenvalue weighted by Crippen LogP contribution is 2.19. The molecule has 1 nitrogen and oxygen atoms in total. The molecular formula is C9H15ClOSi. The minimum Gasteiger partial charge on any atom is -0.470 e. The van der Waals surface area contributed by atoms with Gasteiger partial charge in [-0.25, -0.2) is 0 Å². The van der Waals surface area contributed by atoms with Gasteiger partial charge in [-0.2, -0.15) is 0 Å². The monoisotopic (exact) mass is 202 g/mol. The lowest BCUT2D eigenvalue weighted by atomic mass is 10.4. The van der Waals surface area contributed by atoms with E-state index in [2.05, 4.69) is 25.7 Å². The third kappa shape index (κ3) is 2.14. The van der Waals surface area contributed by atoms with Crippen LogP contribution in [0.1, 0.15) is 18.1 Å². The number of hydrogen-bond donors (Lipinski definition) is 0. The van der Waals surface area contributed by atoms with Gasteiger partial charge in [0.2, 0.25) is 0 Å². The minimum absolute atomic E-state index is 0.0184. The number of furan rings is 1. The molecule has 68 valence electrons. The second-order valence-corrected chi connectivity index (χ2v) is 9.72. The van der Waals surface area contributed by atoms with E-state index in [0.717, 1.165) is 11.1 Å². The zero-order valence-corrected chi connectivity index (χ0v) is 9.77. The molecular weight excluding hydrogens is 188 g/mol. The van der Waals surface area contributed by atoms with Gasteiger partial charge in [-0.05, 0) is 19.1 Å². The van der Waals surface area contributed by atoms with Gasteiger partial charge in [0.05, 0.1) is 10.8 Å². The van der Waals surface area contributed by atoms with Crippen LogP contribution in [0.3, 0.4) is 0 Å². The van der Waals surface area contributed by atoms with Crippen LogP contribution in [0.25, 0.3) is 0 Å². The lowest BCUT2D eigenvalue weighted by molar-refractivity contribution is 0.536. The van der Waals surface area contributed by atoms with E-state index in [0.29, 0.717) is 0 Å². The van der Waals surface area contributed by atoms with E-state index in [1.807, 2.05) is 13.0 Å². The van der Waals surface area contributed by atoms with Crippen LogP contribution in [0.15, 0.2) is 16.5 Å². The quantitative estimate of drug-likeness (QED) is 0.531. The molecule has 0 saturated heterocycles. The van der Waals surface area contributed by atoms with Gasteiger partial charge >= 0.3 is 0 Å². The Morgan fingerprint density at radius 3 is 2.17 bits per heavy atom. The van der Waals surface area contributed by atoms with Crippen molar-refractivity contribution < 1.29 is 4.42 Å². The largest absolute Gasteiger partial charge is 0.470 e. The second-order valence-electron chi connectivity index (χ2n) is 4.07. The zero-order chi connectivity index (χ0) is 9.35. The minimum atomic E-state index is -1.28. The summed E-state index contributed by atoms with van der Waals surface area (Å²) in [4.78, 5) is 0. The van der Waals surface area contributed by atoms with E-state index >= 15 is 0 Å². The molecule has 0 aliphatic rings. The zero-order valence-electron chi connectivity index (χ0n) is 8.02. The van der Waals surface area contributed by atoms with Crippen molar-refractivity contribution in [1.82, 2.24) is 0 Å². The van der Waals surface area contributed by atoms with E-state index in [1.165, 1.54) is 0 Å². The standard InChI is InChI=1S/C9H15ClOSi/c1-7(10)8-5-6-9(11-8)12(2,3)4/h5-7H,1-4H3. The highest BCUT2D eigenvalue weighted by molar-refractivity contribution is 6.87. The van der Waals surface area contributed by atoms with Gasteiger partial charge in [-0.15, -0.1) is 11.6 Å². The Morgan fingerprint density at radius 2 is 1.92 bits per heavy atom. The molecule has 1 unspecified atom stereocenters. The van der Waals surface area contributed by atoms with Crippen molar-refractivity contribution in [2.45, 2.75) is 31.9 Å². The highest BCUT2D eigenvalue weighted by atomic mass is 35.5. The van der Waals surface area contributed by atoms with Gasteiger partial charge in [0.15, 0.2) is 0 Å². The van der Waals surface area contributed by atoms with Gasteiger partial charge in [0, 0.05) is 0 Å². The maximum atomic E-state index is 5.89. The second kappa shape index (κ2) is 3.27. The van der Waals surface area contributed by atoms with E-state index in [4.69, 9.17) is 16.0 Å². The summed E-state index contributed by atoms with van der Waals surface area (Å²) < 4.78 is 5.64. The van der Waals surface area contributed by atoms with Crippen LogP contribution in [0.5, 0.6) is 0 Å². The summed E-state index contributed by atoms with van der Waals surface area (Å²) in [6.45, 7) is 8.70. The van der Waals surface area contributed by atoms with Gasteiger partial charge in [0.1, 0.15) is 13.8 Å². The van der Waals surface area contributed by atoms with Crippen LogP contribution in [0.2, 0.25) is 19.6 Å². The summed E-state index contributed by atoms with van der Waals surface area (Å²) in [6, 6.07) is 4.03. The third-order valence-electron chi connectivity index (χ3n) is 1.76. The third-order valence-corrected chi connectivity index (χ3v) is 3.72. The fourth-order valence-electron chi connectivity index (χ4n) is 0.970. The Morgan fingerprint density at radius 1 is 1.33 bits per heavy atom. The molecule has 0 amide bonds. The molecule has 0 spiro atoms. The summed E-state index contributed by atoms with van der Waals surface area (Å²) in [7, 11) is -1.28. The molecule has 0 bridgehead atoms. The topological polar surface area (TPSA) is 13.1 Å². The van der Waals surface area contributed by atoms with Crippen LogP contribution in [0, 0.1) is 0 Å². The van der Waals surface area contributed by atoms with Crippen molar-refractivity contribution in [3.8, 4) is 0 Å². The maximum Gasteiger partial charge on any atom is 0.123 e. The molecule has 1 aromatic rings. The normalized spacial score (nSPS) is 14.8. The van der Waals surface area contributed by atoms with Crippen molar-refractivity contribution >= 4 is 25.1 Å². The van der Waals surface area contributed by atoms with Gasteiger partial charge in [-0.1, -0.05) is 19.6 Å². The number of rotatable bonds is 2. The molecule has 0 aromatic carbocycles. The van der Waals surface area contributed by atoms with Gasteiger partial charge < -0.3 is 4.42 Å². The van der Waals surface area contributed by atoms with Crippen LogP contribution < -0.4 is 5.38 Å². The van der Waals surface area contributed by atoms with Crippen LogP contribution in [-0.2, 0) is 0 Å². The molecule has 0 radical (unpaired) electrons. The molecule has 0 N–H and O–H groups in total. The number of hydrogen-bond acceptors (Lipinski definition) is 1. The SMILES string of the molecule is CC(Cl)c1ccc([Si](C)(C)C)o1. The summed E-state index contributed by atoms with van der Waals surface area (Å²) in [5, 5.41) is 1.11. The lowest BCUT2D eigenvalue weighted by Crippen LogP contribution is -2.36. The van der Waals surface area contributed by atoms with E-state index in [1.54, 1.807) is 0 Å². The van der Waals surface area contributed by atoms with Gasteiger partial charge in [-0.3, -0.25) is 0 Å². The van der Waals surface area contributed by atoms with Crippen LogP contribution in [-0.4, -0.2) is 8.07 Å².